The van der Waals surface area contributed by atoms with E-state index in [0.29, 0.717) is 18.6 Å². The predicted octanol–water partition coefficient (Wildman–Crippen LogP) is 0.308. The average Bonchev–Trinajstić information content (AvgIpc) is 2.95. The van der Waals surface area contributed by atoms with E-state index in [0.717, 1.165) is 52.2 Å². The van der Waals surface area contributed by atoms with Crippen LogP contribution in [0.2, 0.25) is 0 Å². The van der Waals surface area contributed by atoms with Crippen molar-refractivity contribution in [3.8, 4) is 0 Å². The second-order valence-electron chi connectivity index (χ2n) is 5.62. The Morgan fingerprint density at radius 1 is 1.37 bits per heavy atom. The van der Waals surface area contributed by atoms with E-state index in [1.807, 2.05) is 4.90 Å². The van der Waals surface area contributed by atoms with Gasteiger partial charge in [0.1, 0.15) is 0 Å². The lowest BCUT2D eigenvalue weighted by molar-refractivity contribution is -0.129. The number of nitrogens with one attached hydrogen (secondary N) is 1. The Balaban J connectivity index is 1.72. The molecule has 0 aliphatic carbocycles. The summed E-state index contributed by atoms with van der Waals surface area (Å²) in [6.07, 6.45) is 2.17. The molecule has 0 spiro atoms. The molecule has 0 bridgehead atoms. The Labute approximate surface area is 116 Å². The van der Waals surface area contributed by atoms with Crippen molar-refractivity contribution in [2.24, 2.45) is 0 Å². The summed E-state index contributed by atoms with van der Waals surface area (Å²) < 4.78 is 5.38. The molecule has 0 aromatic rings. The molecule has 0 radical (unpaired) electrons. The van der Waals surface area contributed by atoms with Gasteiger partial charge in [0.25, 0.3) is 0 Å². The third-order valence-electron chi connectivity index (χ3n) is 4.29. The second-order valence-corrected chi connectivity index (χ2v) is 5.62. The summed E-state index contributed by atoms with van der Waals surface area (Å²) in [5, 5.41) is 3.28. The lowest BCUT2D eigenvalue weighted by Gasteiger charge is -2.32. The van der Waals surface area contributed by atoms with E-state index in [1.54, 1.807) is 0 Å². The van der Waals surface area contributed by atoms with Crippen LogP contribution in [-0.2, 0) is 9.53 Å². The minimum Gasteiger partial charge on any atom is -0.379 e. The van der Waals surface area contributed by atoms with E-state index in [-0.39, 0.29) is 5.91 Å². The maximum atomic E-state index is 12.1. The monoisotopic (exact) mass is 269 g/mol. The van der Waals surface area contributed by atoms with Gasteiger partial charge in [-0.3, -0.25) is 9.69 Å². The van der Waals surface area contributed by atoms with E-state index >= 15 is 0 Å². The van der Waals surface area contributed by atoms with Crippen LogP contribution in [0.25, 0.3) is 0 Å². The molecule has 2 aliphatic heterocycles. The predicted molar refractivity (Wildman–Crippen MR) is 75.1 cm³/mol. The summed E-state index contributed by atoms with van der Waals surface area (Å²) in [7, 11) is 0. The average molecular weight is 269 g/mol. The number of carbonyl (C=O) groups is 1. The van der Waals surface area contributed by atoms with Crippen molar-refractivity contribution in [2.75, 3.05) is 45.9 Å². The number of ether oxygens (including phenoxy) is 1. The number of nitrogens with zero attached hydrogens (tertiary/aromatic N) is 2. The quantitative estimate of drug-likeness (QED) is 0.780. The van der Waals surface area contributed by atoms with E-state index in [4.69, 9.17) is 4.74 Å². The van der Waals surface area contributed by atoms with Crippen molar-refractivity contribution >= 4 is 5.91 Å². The number of rotatable bonds is 5. The Morgan fingerprint density at radius 2 is 2.11 bits per heavy atom. The molecular formula is C14H27N3O2. The first-order valence-corrected chi connectivity index (χ1v) is 7.53. The molecule has 5 heteroatoms. The topological polar surface area (TPSA) is 44.8 Å². The van der Waals surface area contributed by atoms with Crippen LogP contribution in [-0.4, -0.2) is 73.7 Å². The van der Waals surface area contributed by atoms with Gasteiger partial charge in [-0.1, -0.05) is 6.92 Å². The first kappa shape index (κ1) is 14.8. The molecule has 110 valence electrons. The highest BCUT2D eigenvalue weighted by molar-refractivity contribution is 5.78. The Kier molecular flexibility index (Phi) is 5.60. The Bertz CT molecular complexity index is 292. The van der Waals surface area contributed by atoms with Gasteiger partial charge in [-0.2, -0.15) is 0 Å². The van der Waals surface area contributed by atoms with E-state index in [9.17, 15) is 4.79 Å². The molecule has 1 N–H and O–H groups in total. The van der Waals surface area contributed by atoms with Crippen LogP contribution in [0.3, 0.4) is 0 Å². The number of hydrogen-bond acceptors (Lipinski definition) is 4. The molecule has 2 aliphatic rings. The molecule has 0 aromatic heterocycles. The molecule has 2 fully saturated rings. The van der Waals surface area contributed by atoms with Crippen molar-refractivity contribution in [1.29, 1.82) is 0 Å². The highest BCUT2D eigenvalue weighted by atomic mass is 16.5. The van der Waals surface area contributed by atoms with Crippen LogP contribution in [0, 0.1) is 0 Å². The largest absolute Gasteiger partial charge is 0.379 e. The number of hydrogen-bond donors (Lipinski definition) is 1. The zero-order chi connectivity index (χ0) is 13.7. The van der Waals surface area contributed by atoms with Gasteiger partial charge in [-0.05, 0) is 19.8 Å². The van der Waals surface area contributed by atoms with Crippen molar-refractivity contribution in [1.82, 2.24) is 15.1 Å². The van der Waals surface area contributed by atoms with Crippen LogP contribution < -0.4 is 5.32 Å². The van der Waals surface area contributed by atoms with Gasteiger partial charge in [-0.15, -0.1) is 0 Å². The second kappa shape index (κ2) is 7.22. The normalized spacial score (nSPS) is 26.6. The molecule has 2 rings (SSSR count). The smallest absolute Gasteiger partial charge is 0.236 e. The van der Waals surface area contributed by atoms with E-state index in [1.165, 1.54) is 0 Å². The van der Waals surface area contributed by atoms with Gasteiger partial charge in [0, 0.05) is 38.3 Å². The standard InChI is InChI=1S/C14H27N3O2/c1-3-12(2)15-10-14(18)17-5-4-13(11-17)16-6-8-19-9-7-16/h12-13,15H,3-11H2,1-2H3. The molecule has 2 saturated heterocycles. The molecular weight excluding hydrogens is 242 g/mol. The number of likely N-dealkylation sites (tertiary alicyclic amines) is 1. The minimum absolute atomic E-state index is 0.246. The van der Waals surface area contributed by atoms with Crippen molar-refractivity contribution in [3.63, 3.8) is 0 Å². The molecule has 2 atom stereocenters. The van der Waals surface area contributed by atoms with Gasteiger partial charge in [0.05, 0.1) is 19.8 Å². The fourth-order valence-corrected chi connectivity index (χ4v) is 2.73. The molecule has 0 saturated carbocycles. The van der Waals surface area contributed by atoms with Gasteiger partial charge in [0.2, 0.25) is 5.91 Å². The van der Waals surface area contributed by atoms with Gasteiger partial charge in [-0.25, -0.2) is 0 Å². The van der Waals surface area contributed by atoms with Gasteiger partial charge in [0.15, 0.2) is 0 Å². The van der Waals surface area contributed by atoms with Crippen LogP contribution in [0.5, 0.6) is 0 Å². The first-order chi connectivity index (χ1) is 9.20. The summed E-state index contributed by atoms with van der Waals surface area (Å²) in [6.45, 7) is 10.2. The fraction of sp³-hybridized carbons (Fsp3) is 0.929. The maximum Gasteiger partial charge on any atom is 0.236 e. The van der Waals surface area contributed by atoms with E-state index < -0.39 is 0 Å². The number of morpholine rings is 1. The summed E-state index contributed by atoms with van der Waals surface area (Å²) >= 11 is 0. The summed E-state index contributed by atoms with van der Waals surface area (Å²) in [4.78, 5) is 16.6. The van der Waals surface area contributed by atoms with Crippen LogP contribution in [0.1, 0.15) is 26.7 Å². The van der Waals surface area contributed by atoms with Crippen molar-refractivity contribution < 1.29 is 9.53 Å². The third kappa shape index (κ3) is 4.16. The molecule has 5 nitrogen and oxygen atoms in total. The summed E-state index contributed by atoms with van der Waals surface area (Å²) in [6, 6.07) is 0.957. The fourth-order valence-electron chi connectivity index (χ4n) is 2.73. The zero-order valence-electron chi connectivity index (χ0n) is 12.2. The molecule has 2 unspecified atom stereocenters. The third-order valence-corrected chi connectivity index (χ3v) is 4.29. The lowest BCUT2D eigenvalue weighted by atomic mass is 10.2. The molecule has 19 heavy (non-hydrogen) atoms. The Morgan fingerprint density at radius 3 is 2.79 bits per heavy atom. The van der Waals surface area contributed by atoms with Crippen molar-refractivity contribution in [2.45, 2.75) is 38.8 Å². The van der Waals surface area contributed by atoms with Crippen LogP contribution >= 0.6 is 0 Å². The number of carbonyl (C=O) groups excluding carboxylic acids is 1. The highest BCUT2D eigenvalue weighted by Gasteiger charge is 2.30. The maximum absolute atomic E-state index is 12.1. The lowest BCUT2D eigenvalue weighted by Crippen LogP contribution is -2.46. The number of amides is 1. The van der Waals surface area contributed by atoms with Crippen LogP contribution in [0.15, 0.2) is 0 Å². The molecule has 0 aromatic carbocycles. The van der Waals surface area contributed by atoms with Gasteiger partial charge >= 0.3 is 0 Å². The van der Waals surface area contributed by atoms with Crippen LogP contribution in [0.4, 0.5) is 0 Å². The highest BCUT2D eigenvalue weighted by Crippen LogP contribution is 2.16. The zero-order valence-corrected chi connectivity index (χ0v) is 12.2. The molecule has 1 amide bonds. The Hall–Kier alpha value is -0.650. The minimum atomic E-state index is 0.246. The van der Waals surface area contributed by atoms with E-state index in [2.05, 4.69) is 24.1 Å². The van der Waals surface area contributed by atoms with Crippen molar-refractivity contribution in [3.05, 3.63) is 0 Å². The van der Waals surface area contributed by atoms with Gasteiger partial charge < -0.3 is 15.0 Å². The SMILES string of the molecule is CCC(C)NCC(=O)N1CCC(N2CCOCC2)C1. The first-order valence-electron chi connectivity index (χ1n) is 7.53. The summed E-state index contributed by atoms with van der Waals surface area (Å²) in [5.41, 5.74) is 0. The molecule has 2 heterocycles. The summed E-state index contributed by atoms with van der Waals surface area (Å²) in [5.74, 6) is 0.246.